The maximum Gasteiger partial charge on any atom is 0.240 e. The van der Waals surface area contributed by atoms with Gasteiger partial charge in [-0.3, -0.25) is 4.90 Å². The number of unbranched alkanes of at least 4 members (excludes halogenated alkanes) is 2. The summed E-state index contributed by atoms with van der Waals surface area (Å²) in [7, 11) is -3.62. The molecule has 0 bridgehead atoms. The molecule has 0 aromatic heterocycles. The summed E-state index contributed by atoms with van der Waals surface area (Å²) in [6.07, 6.45) is 3.89. The third kappa shape index (κ3) is 6.28. The minimum absolute atomic E-state index is 0. The quantitative estimate of drug-likeness (QED) is 0.671. The highest BCUT2D eigenvalue weighted by molar-refractivity contribution is 7.89. The van der Waals surface area contributed by atoms with Crippen LogP contribution in [0.15, 0.2) is 53.4 Å². The first-order chi connectivity index (χ1) is 12.5. The van der Waals surface area contributed by atoms with Crippen molar-refractivity contribution in [2.24, 2.45) is 0 Å². The second kappa shape index (κ2) is 10.2. The lowest BCUT2D eigenvalue weighted by Gasteiger charge is -2.28. The first-order valence-electron chi connectivity index (χ1n) is 9.09. The summed E-state index contributed by atoms with van der Waals surface area (Å²) in [5.41, 5.74) is 2.87. The van der Waals surface area contributed by atoms with E-state index in [0.29, 0.717) is 6.54 Å². The standard InChI is InChI=1S/C20H25FN2O2S.ClH/c21-19-9-6-10-20(15-19)26(24,25)22-12-4-1-5-13-23-14-11-17-7-2-3-8-18(17)16-23;/h2-3,6-10,15,22H,1,4-5,11-14,16H2;1H. The molecule has 148 valence electrons. The zero-order valence-corrected chi connectivity index (χ0v) is 16.9. The number of hydrogen-bond donors (Lipinski definition) is 1. The Morgan fingerprint density at radius 3 is 2.56 bits per heavy atom. The van der Waals surface area contributed by atoms with Crippen molar-refractivity contribution in [3.8, 4) is 0 Å². The molecule has 2 aromatic carbocycles. The van der Waals surface area contributed by atoms with Crippen LogP contribution in [0, 0.1) is 5.82 Å². The number of rotatable bonds is 8. The average Bonchev–Trinajstić information content (AvgIpc) is 2.64. The van der Waals surface area contributed by atoms with Gasteiger partial charge < -0.3 is 0 Å². The van der Waals surface area contributed by atoms with Crippen LogP contribution in [0.4, 0.5) is 4.39 Å². The van der Waals surface area contributed by atoms with Gasteiger partial charge in [-0.1, -0.05) is 36.8 Å². The Morgan fingerprint density at radius 1 is 1.00 bits per heavy atom. The molecule has 0 radical (unpaired) electrons. The molecule has 0 atom stereocenters. The number of fused-ring (bicyclic) bond motifs is 1. The van der Waals surface area contributed by atoms with Gasteiger partial charge in [-0.2, -0.15) is 0 Å². The topological polar surface area (TPSA) is 49.4 Å². The highest BCUT2D eigenvalue weighted by Gasteiger charge is 2.15. The van der Waals surface area contributed by atoms with Crippen molar-refractivity contribution in [1.29, 1.82) is 0 Å². The van der Waals surface area contributed by atoms with E-state index in [9.17, 15) is 12.8 Å². The molecule has 0 unspecified atom stereocenters. The van der Waals surface area contributed by atoms with Gasteiger partial charge in [0.2, 0.25) is 10.0 Å². The Balaban J connectivity index is 0.00000261. The van der Waals surface area contributed by atoms with E-state index in [4.69, 9.17) is 0 Å². The summed E-state index contributed by atoms with van der Waals surface area (Å²) in [5.74, 6) is -0.545. The number of sulfonamides is 1. The highest BCUT2D eigenvalue weighted by atomic mass is 35.5. The second-order valence-electron chi connectivity index (χ2n) is 6.71. The summed E-state index contributed by atoms with van der Waals surface area (Å²) in [6, 6.07) is 13.7. The monoisotopic (exact) mass is 412 g/mol. The molecule has 7 heteroatoms. The van der Waals surface area contributed by atoms with E-state index in [0.717, 1.165) is 51.4 Å². The fourth-order valence-corrected chi connectivity index (χ4v) is 4.41. The zero-order valence-electron chi connectivity index (χ0n) is 15.2. The van der Waals surface area contributed by atoms with Gasteiger partial charge in [-0.25, -0.2) is 17.5 Å². The second-order valence-corrected chi connectivity index (χ2v) is 8.48. The maximum atomic E-state index is 13.2. The van der Waals surface area contributed by atoms with E-state index in [-0.39, 0.29) is 17.3 Å². The third-order valence-corrected chi connectivity index (χ3v) is 6.22. The van der Waals surface area contributed by atoms with Crippen LogP contribution < -0.4 is 4.72 Å². The molecule has 0 amide bonds. The molecule has 0 spiro atoms. The molecular weight excluding hydrogens is 387 g/mol. The molecule has 0 aliphatic carbocycles. The number of nitrogens with zero attached hydrogens (tertiary/aromatic N) is 1. The Hall–Kier alpha value is -1.47. The van der Waals surface area contributed by atoms with Crippen molar-refractivity contribution >= 4 is 22.4 Å². The Labute approximate surface area is 167 Å². The van der Waals surface area contributed by atoms with Crippen LogP contribution in [-0.2, 0) is 23.0 Å². The fraction of sp³-hybridized carbons (Fsp3) is 0.400. The van der Waals surface area contributed by atoms with Gasteiger partial charge in [0.25, 0.3) is 0 Å². The van der Waals surface area contributed by atoms with Crippen molar-refractivity contribution in [3.05, 3.63) is 65.5 Å². The minimum Gasteiger partial charge on any atom is -0.299 e. The number of benzene rings is 2. The molecule has 1 heterocycles. The smallest absolute Gasteiger partial charge is 0.240 e. The zero-order chi connectivity index (χ0) is 18.4. The van der Waals surface area contributed by atoms with Crippen LogP contribution in [-0.4, -0.2) is 33.0 Å². The molecule has 1 aliphatic heterocycles. The molecule has 1 aliphatic rings. The summed E-state index contributed by atoms with van der Waals surface area (Å²) < 4.78 is 39.9. The molecule has 27 heavy (non-hydrogen) atoms. The van der Waals surface area contributed by atoms with Gasteiger partial charge in [0.1, 0.15) is 5.82 Å². The average molecular weight is 413 g/mol. The Morgan fingerprint density at radius 2 is 1.78 bits per heavy atom. The SMILES string of the molecule is Cl.O=S(=O)(NCCCCCN1CCc2ccccc2C1)c1cccc(F)c1. The van der Waals surface area contributed by atoms with E-state index < -0.39 is 15.8 Å². The van der Waals surface area contributed by atoms with Gasteiger partial charge >= 0.3 is 0 Å². The molecule has 1 N–H and O–H groups in total. The van der Waals surface area contributed by atoms with Gasteiger partial charge in [0.15, 0.2) is 0 Å². The van der Waals surface area contributed by atoms with Crippen molar-refractivity contribution in [2.45, 2.75) is 37.1 Å². The molecule has 0 fully saturated rings. The van der Waals surface area contributed by atoms with Gasteiger partial charge in [0.05, 0.1) is 4.90 Å². The first kappa shape index (κ1) is 21.8. The van der Waals surface area contributed by atoms with E-state index in [1.807, 2.05) is 0 Å². The maximum absolute atomic E-state index is 13.2. The van der Waals surface area contributed by atoms with Gasteiger partial charge in [-0.05, 0) is 55.1 Å². The predicted octanol–water partition coefficient (Wildman–Crippen LogP) is 3.75. The lowest BCUT2D eigenvalue weighted by molar-refractivity contribution is 0.248. The largest absolute Gasteiger partial charge is 0.299 e. The van der Waals surface area contributed by atoms with E-state index in [2.05, 4.69) is 33.9 Å². The van der Waals surface area contributed by atoms with Crippen LogP contribution in [0.3, 0.4) is 0 Å². The van der Waals surface area contributed by atoms with Crippen LogP contribution >= 0.6 is 12.4 Å². The van der Waals surface area contributed by atoms with Crippen LogP contribution in [0.2, 0.25) is 0 Å². The van der Waals surface area contributed by atoms with Crippen molar-refractivity contribution in [3.63, 3.8) is 0 Å². The lowest BCUT2D eigenvalue weighted by Crippen LogP contribution is -2.31. The number of hydrogen-bond acceptors (Lipinski definition) is 3. The predicted molar refractivity (Wildman–Crippen MR) is 108 cm³/mol. The number of nitrogens with one attached hydrogen (secondary N) is 1. The molecule has 0 saturated carbocycles. The van der Waals surface area contributed by atoms with Crippen molar-refractivity contribution in [1.82, 2.24) is 9.62 Å². The molecule has 2 aromatic rings. The minimum atomic E-state index is -3.62. The molecule has 3 rings (SSSR count). The lowest BCUT2D eigenvalue weighted by atomic mass is 10.00. The van der Waals surface area contributed by atoms with Crippen molar-refractivity contribution < 1.29 is 12.8 Å². The normalized spacial score (nSPS) is 14.4. The van der Waals surface area contributed by atoms with E-state index in [1.165, 1.54) is 29.3 Å². The molecule has 0 saturated heterocycles. The fourth-order valence-electron chi connectivity index (χ4n) is 3.31. The van der Waals surface area contributed by atoms with Crippen LogP contribution in [0.25, 0.3) is 0 Å². The highest BCUT2D eigenvalue weighted by Crippen LogP contribution is 2.18. The summed E-state index contributed by atoms with van der Waals surface area (Å²) in [5, 5.41) is 0. The van der Waals surface area contributed by atoms with Gasteiger partial charge in [0, 0.05) is 19.6 Å². The Kier molecular flexibility index (Phi) is 8.23. The third-order valence-electron chi connectivity index (χ3n) is 4.76. The Bertz CT molecular complexity index is 845. The van der Waals surface area contributed by atoms with E-state index in [1.54, 1.807) is 0 Å². The summed E-state index contributed by atoms with van der Waals surface area (Å²) >= 11 is 0. The first-order valence-corrected chi connectivity index (χ1v) is 10.6. The molecule has 4 nitrogen and oxygen atoms in total. The van der Waals surface area contributed by atoms with Crippen LogP contribution in [0.1, 0.15) is 30.4 Å². The van der Waals surface area contributed by atoms with Gasteiger partial charge in [-0.15, -0.1) is 12.4 Å². The summed E-state index contributed by atoms with van der Waals surface area (Å²) in [6.45, 7) is 3.50. The van der Waals surface area contributed by atoms with E-state index >= 15 is 0 Å². The van der Waals surface area contributed by atoms with Crippen molar-refractivity contribution in [2.75, 3.05) is 19.6 Å². The summed E-state index contributed by atoms with van der Waals surface area (Å²) in [4.78, 5) is 2.43. The molecular formula is C20H26ClFN2O2S. The number of halogens is 2. The van der Waals surface area contributed by atoms with Crippen LogP contribution in [0.5, 0.6) is 0 Å².